The molecule has 0 heterocycles. The predicted octanol–water partition coefficient (Wildman–Crippen LogP) is 2.12. The Morgan fingerprint density at radius 1 is 1.08 bits per heavy atom. The largest absolute Gasteiger partial charge is 0.465 e. The Morgan fingerprint density at radius 3 is 2.28 bits per heavy atom. The lowest BCUT2D eigenvalue weighted by Gasteiger charge is -2.10. The van der Waals surface area contributed by atoms with Crippen molar-refractivity contribution in [3.05, 3.63) is 64.7 Å². The Balaban J connectivity index is 2.11. The molecule has 0 radical (unpaired) electrons. The van der Waals surface area contributed by atoms with Gasteiger partial charge in [0.15, 0.2) is 9.84 Å². The molecule has 0 aliphatic heterocycles. The van der Waals surface area contributed by atoms with Crippen LogP contribution in [0.5, 0.6) is 0 Å². The molecule has 0 aliphatic carbocycles. The van der Waals surface area contributed by atoms with Gasteiger partial charge in [0.05, 0.1) is 17.6 Å². The summed E-state index contributed by atoms with van der Waals surface area (Å²) >= 11 is 0. The summed E-state index contributed by atoms with van der Waals surface area (Å²) in [5, 5.41) is 2.75. The summed E-state index contributed by atoms with van der Waals surface area (Å²) in [4.78, 5) is 23.8. The number of hydrogen-bond acceptors (Lipinski definition) is 5. The second kappa shape index (κ2) is 7.48. The van der Waals surface area contributed by atoms with E-state index in [1.54, 1.807) is 37.3 Å². The Hall–Kier alpha value is -2.67. The van der Waals surface area contributed by atoms with Crippen LogP contribution in [0.4, 0.5) is 0 Å². The van der Waals surface area contributed by atoms with Gasteiger partial charge in [-0.3, -0.25) is 4.79 Å². The zero-order valence-corrected chi connectivity index (χ0v) is 15.0. The molecule has 6 nitrogen and oxygen atoms in total. The molecular formula is C18H19NO5S. The van der Waals surface area contributed by atoms with Crippen molar-refractivity contribution in [3.63, 3.8) is 0 Å². The van der Waals surface area contributed by atoms with E-state index in [4.69, 9.17) is 0 Å². The van der Waals surface area contributed by atoms with E-state index in [0.717, 1.165) is 11.8 Å². The van der Waals surface area contributed by atoms with Crippen LogP contribution in [0.1, 0.15) is 31.8 Å². The van der Waals surface area contributed by atoms with Gasteiger partial charge < -0.3 is 10.1 Å². The molecule has 0 saturated heterocycles. The van der Waals surface area contributed by atoms with Crippen molar-refractivity contribution >= 4 is 21.7 Å². The van der Waals surface area contributed by atoms with Gasteiger partial charge in [-0.2, -0.15) is 0 Å². The van der Waals surface area contributed by atoms with Crippen LogP contribution in [0, 0.1) is 6.92 Å². The summed E-state index contributed by atoms with van der Waals surface area (Å²) in [5.74, 6) is -0.788. The van der Waals surface area contributed by atoms with Gasteiger partial charge in [0.25, 0.3) is 5.91 Å². The van der Waals surface area contributed by atoms with E-state index in [1.165, 1.54) is 19.2 Å². The summed E-state index contributed by atoms with van der Waals surface area (Å²) in [6.45, 7) is 1.99. The molecule has 0 unspecified atom stereocenters. The van der Waals surface area contributed by atoms with Crippen LogP contribution in [0.25, 0.3) is 0 Å². The first-order chi connectivity index (χ1) is 11.7. The minimum atomic E-state index is -3.38. The van der Waals surface area contributed by atoms with Crippen LogP contribution in [-0.4, -0.2) is 33.7 Å². The molecule has 0 bridgehead atoms. The molecule has 0 aliphatic rings. The average molecular weight is 361 g/mol. The zero-order valence-electron chi connectivity index (χ0n) is 14.2. The third-order valence-electron chi connectivity index (χ3n) is 3.71. The van der Waals surface area contributed by atoms with Gasteiger partial charge in [0.2, 0.25) is 0 Å². The highest BCUT2D eigenvalue weighted by Gasteiger charge is 2.14. The molecule has 7 heteroatoms. The maximum Gasteiger partial charge on any atom is 0.337 e. The molecule has 25 heavy (non-hydrogen) atoms. The topological polar surface area (TPSA) is 89.5 Å². The van der Waals surface area contributed by atoms with Crippen molar-refractivity contribution in [1.29, 1.82) is 0 Å². The first-order valence-corrected chi connectivity index (χ1v) is 9.37. The van der Waals surface area contributed by atoms with Crippen LogP contribution >= 0.6 is 0 Å². The monoisotopic (exact) mass is 361 g/mol. The minimum absolute atomic E-state index is 0.102. The smallest absolute Gasteiger partial charge is 0.337 e. The maximum atomic E-state index is 12.4. The molecule has 0 spiro atoms. The van der Waals surface area contributed by atoms with Crippen LogP contribution in [0.15, 0.2) is 47.4 Å². The van der Waals surface area contributed by atoms with E-state index in [1.807, 2.05) is 0 Å². The lowest BCUT2D eigenvalue weighted by atomic mass is 10.1. The van der Waals surface area contributed by atoms with Crippen LogP contribution in [0.3, 0.4) is 0 Å². The first-order valence-electron chi connectivity index (χ1n) is 7.48. The Labute approximate surface area is 146 Å². The quantitative estimate of drug-likeness (QED) is 0.824. The van der Waals surface area contributed by atoms with Crippen LogP contribution in [0.2, 0.25) is 0 Å². The summed E-state index contributed by atoms with van der Waals surface area (Å²) < 4.78 is 27.9. The summed E-state index contributed by atoms with van der Waals surface area (Å²) in [7, 11) is -2.07. The summed E-state index contributed by atoms with van der Waals surface area (Å²) in [6.07, 6.45) is 1.10. The molecule has 0 aromatic heterocycles. The molecule has 1 N–H and O–H groups in total. The van der Waals surface area contributed by atoms with Gasteiger partial charge >= 0.3 is 5.97 Å². The van der Waals surface area contributed by atoms with Gasteiger partial charge in [-0.15, -0.1) is 0 Å². The van der Waals surface area contributed by atoms with Crippen LogP contribution < -0.4 is 5.32 Å². The number of ether oxygens (including phenoxy) is 1. The van der Waals surface area contributed by atoms with Gasteiger partial charge in [0.1, 0.15) is 0 Å². The highest BCUT2D eigenvalue weighted by atomic mass is 32.2. The highest BCUT2D eigenvalue weighted by molar-refractivity contribution is 7.90. The van der Waals surface area contributed by atoms with E-state index >= 15 is 0 Å². The predicted molar refractivity (Wildman–Crippen MR) is 93.2 cm³/mol. The maximum absolute atomic E-state index is 12.4. The Morgan fingerprint density at radius 2 is 1.72 bits per heavy atom. The first kappa shape index (κ1) is 18.7. The molecular weight excluding hydrogens is 342 g/mol. The number of sulfone groups is 1. The third kappa shape index (κ3) is 4.67. The number of aryl methyl sites for hydroxylation is 1. The van der Waals surface area contributed by atoms with Gasteiger partial charge in [0, 0.05) is 18.4 Å². The lowest BCUT2D eigenvalue weighted by molar-refractivity contribution is 0.0600. The van der Waals surface area contributed by atoms with Crippen molar-refractivity contribution < 1.29 is 22.7 Å². The number of benzene rings is 2. The summed E-state index contributed by atoms with van der Waals surface area (Å²) in [5.41, 5.74) is 2.23. The number of hydrogen-bond donors (Lipinski definition) is 1. The van der Waals surface area contributed by atoms with E-state index in [9.17, 15) is 18.0 Å². The van der Waals surface area contributed by atoms with Crippen molar-refractivity contribution in [1.82, 2.24) is 5.32 Å². The Bertz CT molecular complexity index is 902. The Kier molecular flexibility index (Phi) is 5.58. The number of esters is 1. The number of nitrogens with one attached hydrogen (secondary N) is 1. The molecule has 2 rings (SSSR count). The molecule has 1 amide bonds. The van der Waals surface area contributed by atoms with E-state index in [-0.39, 0.29) is 17.3 Å². The fraction of sp³-hybridized carbons (Fsp3) is 0.222. The minimum Gasteiger partial charge on any atom is -0.465 e. The zero-order chi connectivity index (χ0) is 18.6. The van der Waals surface area contributed by atoms with E-state index in [0.29, 0.717) is 16.7 Å². The van der Waals surface area contributed by atoms with Gasteiger partial charge in [-0.1, -0.05) is 18.2 Å². The molecule has 2 aromatic rings. The number of carbonyl (C=O) groups is 2. The molecule has 132 valence electrons. The fourth-order valence-electron chi connectivity index (χ4n) is 2.23. The third-order valence-corrected chi connectivity index (χ3v) is 4.82. The second-order valence-electron chi connectivity index (χ2n) is 5.62. The normalized spacial score (nSPS) is 11.0. The molecule has 2 aromatic carbocycles. The SMILES string of the molecule is COC(=O)c1ccc(CNC(=O)c2cc(S(C)(=O)=O)ccc2C)cc1. The van der Waals surface area contributed by atoms with Crippen molar-refractivity contribution in [3.8, 4) is 0 Å². The lowest BCUT2D eigenvalue weighted by Crippen LogP contribution is -2.24. The van der Waals surface area contributed by atoms with E-state index < -0.39 is 15.8 Å². The second-order valence-corrected chi connectivity index (χ2v) is 7.64. The highest BCUT2D eigenvalue weighted by Crippen LogP contribution is 2.16. The average Bonchev–Trinajstić information content (AvgIpc) is 2.58. The van der Waals surface area contributed by atoms with Gasteiger partial charge in [-0.25, -0.2) is 13.2 Å². The van der Waals surface area contributed by atoms with E-state index in [2.05, 4.69) is 10.1 Å². The molecule has 0 saturated carbocycles. The van der Waals surface area contributed by atoms with Gasteiger partial charge in [-0.05, 0) is 42.3 Å². The number of methoxy groups -OCH3 is 1. The molecule has 0 fully saturated rings. The number of rotatable bonds is 5. The molecule has 0 atom stereocenters. The number of amides is 1. The fourth-order valence-corrected chi connectivity index (χ4v) is 2.88. The van der Waals surface area contributed by atoms with Crippen molar-refractivity contribution in [2.24, 2.45) is 0 Å². The van der Waals surface area contributed by atoms with Crippen LogP contribution in [-0.2, 0) is 21.1 Å². The van der Waals surface area contributed by atoms with Crippen molar-refractivity contribution in [2.45, 2.75) is 18.4 Å². The number of carbonyl (C=O) groups excluding carboxylic acids is 2. The standard InChI is InChI=1S/C18H19NO5S/c1-12-4-9-15(25(3,22)23)10-16(12)17(20)19-11-13-5-7-14(8-6-13)18(21)24-2/h4-10H,11H2,1-3H3,(H,19,20). The van der Waals surface area contributed by atoms with Crippen molar-refractivity contribution in [2.75, 3.05) is 13.4 Å². The summed E-state index contributed by atoms with van der Waals surface area (Å²) in [6, 6.07) is 11.1.